The molecule has 1 aliphatic rings. The quantitative estimate of drug-likeness (QED) is 0.885. The van der Waals surface area contributed by atoms with Gasteiger partial charge < -0.3 is 10.1 Å². The summed E-state index contributed by atoms with van der Waals surface area (Å²) in [7, 11) is 0. The van der Waals surface area contributed by atoms with Gasteiger partial charge in [-0.3, -0.25) is 4.90 Å². The molecule has 2 unspecified atom stereocenters. The first-order chi connectivity index (χ1) is 9.19. The summed E-state index contributed by atoms with van der Waals surface area (Å²) in [5.74, 6) is 0.980. The highest BCUT2D eigenvalue weighted by molar-refractivity contribution is 5.37. The average Bonchev–Trinajstić information content (AvgIpc) is 2.41. The standard InChI is InChI=1S/C15H25N3O/c1-4-6-16-15-8-14(5-7-17-15)10-18-9-13(3)19-11-12(18)2/h5,7-8,12-13H,4,6,9-11H2,1-3H3,(H,16,17). The van der Waals surface area contributed by atoms with Gasteiger partial charge in [-0.15, -0.1) is 0 Å². The van der Waals surface area contributed by atoms with E-state index in [9.17, 15) is 0 Å². The number of hydrogen-bond acceptors (Lipinski definition) is 4. The molecule has 0 bridgehead atoms. The fraction of sp³-hybridized carbons (Fsp3) is 0.667. The van der Waals surface area contributed by atoms with Crippen LogP contribution in [-0.4, -0.2) is 41.7 Å². The minimum atomic E-state index is 0.329. The van der Waals surface area contributed by atoms with Crippen molar-refractivity contribution in [2.75, 3.05) is 25.0 Å². The SMILES string of the molecule is CCCNc1cc(CN2CC(C)OCC2C)ccn1. The third kappa shape index (κ3) is 4.18. The Morgan fingerprint density at radius 1 is 1.47 bits per heavy atom. The lowest BCUT2D eigenvalue weighted by molar-refractivity contribution is -0.0526. The van der Waals surface area contributed by atoms with E-state index in [1.54, 1.807) is 0 Å². The largest absolute Gasteiger partial charge is 0.376 e. The number of hydrogen-bond donors (Lipinski definition) is 1. The van der Waals surface area contributed by atoms with Crippen LogP contribution in [0.1, 0.15) is 32.8 Å². The van der Waals surface area contributed by atoms with Crippen LogP contribution in [0.5, 0.6) is 0 Å². The van der Waals surface area contributed by atoms with Crippen molar-refractivity contribution in [2.24, 2.45) is 0 Å². The van der Waals surface area contributed by atoms with Crippen molar-refractivity contribution >= 4 is 5.82 Å². The highest BCUT2D eigenvalue weighted by Gasteiger charge is 2.23. The van der Waals surface area contributed by atoms with Crippen molar-refractivity contribution in [3.8, 4) is 0 Å². The number of rotatable bonds is 5. The lowest BCUT2D eigenvalue weighted by atomic mass is 10.1. The van der Waals surface area contributed by atoms with Crippen molar-refractivity contribution in [1.82, 2.24) is 9.88 Å². The van der Waals surface area contributed by atoms with Crippen molar-refractivity contribution in [3.63, 3.8) is 0 Å². The maximum absolute atomic E-state index is 5.67. The van der Waals surface area contributed by atoms with E-state index in [0.717, 1.165) is 38.5 Å². The Morgan fingerprint density at radius 2 is 2.32 bits per heavy atom. The number of nitrogens with zero attached hydrogens (tertiary/aromatic N) is 2. The smallest absolute Gasteiger partial charge is 0.126 e. The van der Waals surface area contributed by atoms with Crippen molar-refractivity contribution in [2.45, 2.75) is 45.9 Å². The normalized spacial score (nSPS) is 24.4. The van der Waals surface area contributed by atoms with Crippen molar-refractivity contribution in [1.29, 1.82) is 0 Å². The van der Waals surface area contributed by atoms with Gasteiger partial charge in [-0.1, -0.05) is 6.92 Å². The van der Waals surface area contributed by atoms with Crippen molar-refractivity contribution in [3.05, 3.63) is 23.9 Å². The third-order valence-corrected chi connectivity index (χ3v) is 3.50. The lowest BCUT2D eigenvalue weighted by Gasteiger charge is -2.36. The van der Waals surface area contributed by atoms with Gasteiger partial charge in [-0.05, 0) is 38.0 Å². The summed E-state index contributed by atoms with van der Waals surface area (Å²) in [5.41, 5.74) is 1.31. The highest BCUT2D eigenvalue weighted by atomic mass is 16.5. The number of ether oxygens (including phenoxy) is 1. The molecule has 1 N–H and O–H groups in total. The molecule has 0 aliphatic carbocycles. The molecule has 106 valence electrons. The Labute approximate surface area is 116 Å². The first kappa shape index (κ1) is 14.3. The molecule has 0 saturated carbocycles. The van der Waals surface area contributed by atoms with Gasteiger partial charge in [-0.25, -0.2) is 4.98 Å². The third-order valence-electron chi connectivity index (χ3n) is 3.50. The number of anilines is 1. The van der Waals surface area contributed by atoms with E-state index >= 15 is 0 Å². The molecule has 4 heteroatoms. The summed E-state index contributed by atoms with van der Waals surface area (Å²) < 4.78 is 5.67. The minimum absolute atomic E-state index is 0.329. The van der Waals surface area contributed by atoms with Crippen LogP contribution < -0.4 is 5.32 Å². The number of morpholine rings is 1. The Hall–Kier alpha value is -1.13. The minimum Gasteiger partial charge on any atom is -0.376 e. The summed E-state index contributed by atoms with van der Waals surface area (Å²) in [4.78, 5) is 6.83. The van der Waals surface area contributed by atoms with Gasteiger partial charge in [0.2, 0.25) is 0 Å². The van der Waals surface area contributed by atoms with E-state index in [4.69, 9.17) is 4.74 Å². The molecule has 2 heterocycles. The summed E-state index contributed by atoms with van der Waals surface area (Å²) in [6.45, 7) is 10.3. The number of aromatic nitrogens is 1. The van der Waals surface area contributed by atoms with Gasteiger partial charge in [0.25, 0.3) is 0 Å². The Morgan fingerprint density at radius 3 is 3.11 bits per heavy atom. The molecule has 0 aromatic carbocycles. The van der Waals surface area contributed by atoms with Gasteiger partial charge in [0.05, 0.1) is 12.7 Å². The van der Waals surface area contributed by atoms with Crippen LogP contribution in [0.2, 0.25) is 0 Å². The van der Waals surface area contributed by atoms with Crippen LogP contribution >= 0.6 is 0 Å². The van der Waals surface area contributed by atoms with Crippen LogP contribution in [-0.2, 0) is 11.3 Å². The molecule has 4 nitrogen and oxygen atoms in total. The van der Waals surface area contributed by atoms with E-state index in [0.29, 0.717) is 12.1 Å². The molecule has 2 rings (SSSR count). The highest BCUT2D eigenvalue weighted by Crippen LogP contribution is 2.16. The predicted molar refractivity (Wildman–Crippen MR) is 78.3 cm³/mol. The molecule has 1 saturated heterocycles. The van der Waals surface area contributed by atoms with Crippen molar-refractivity contribution < 1.29 is 4.74 Å². The molecule has 0 amide bonds. The Bertz CT molecular complexity index is 397. The van der Waals surface area contributed by atoms with Crippen LogP contribution in [0, 0.1) is 0 Å². The molecule has 0 radical (unpaired) electrons. The molecular formula is C15H25N3O. The first-order valence-electron chi connectivity index (χ1n) is 7.23. The monoisotopic (exact) mass is 263 g/mol. The Balaban J connectivity index is 1.97. The van der Waals surface area contributed by atoms with E-state index in [1.807, 2.05) is 6.20 Å². The molecule has 1 aromatic rings. The summed E-state index contributed by atoms with van der Waals surface area (Å²) >= 11 is 0. The molecule has 19 heavy (non-hydrogen) atoms. The zero-order valence-corrected chi connectivity index (χ0v) is 12.2. The van der Waals surface area contributed by atoms with Gasteiger partial charge in [0, 0.05) is 31.9 Å². The first-order valence-corrected chi connectivity index (χ1v) is 7.23. The van der Waals surface area contributed by atoms with E-state index in [2.05, 4.69) is 48.1 Å². The van der Waals surface area contributed by atoms with Gasteiger partial charge in [0.1, 0.15) is 5.82 Å². The predicted octanol–water partition coefficient (Wildman–Crippen LogP) is 2.51. The maximum atomic E-state index is 5.67. The summed E-state index contributed by atoms with van der Waals surface area (Å²) in [6.07, 6.45) is 3.34. The molecule has 0 spiro atoms. The topological polar surface area (TPSA) is 37.4 Å². The number of pyridine rings is 1. The molecule has 1 fully saturated rings. The van der Waals surface area contributed by atoms with Gasteiger partial charge in [-0.2, -0.15) is 0 Å². The second kappa shape index (κ2) is 6.87. The van der Waals surface area contributed by atoms with Crippen LogP contribution in [0.3, 0.4) is 0 Å². The summed E-state index contributed by atoms with van der Waals surface area (Å²) in [6, 6.07) is 4.74. The zero-order chi connectivity index (χ0) is 13.7. The van der Waals surface area contributed by atoms with Gasteiger partial charge in [0.15, 0.2) is 0 Å². The van der Waals surface area contributed by atoms with E-state index in [1.165, 1.54) is 5.56 Å². The zero-order valence-electron chi connectivity index (χ0n) is 12.2. The second-order valence-electron chi connectivity index (χ2n) is 5.40. The van der Waals surface area contributed by atoms with Gasteiger partial charge >= 0.3 is 0 Å². The van der Waals surface area contributed by atoms with E-state index < -0.39 is 0 Å². The maximum Gasteiger partial charge on any atom is 0.126 e. The second-order valence-corrected chi connectivity index (χ2v) is 5.40. The van der Waals surface area contributed by atoms with E-state index in [-0.39, 0.29) is 0 Å². The summed E-state index contributed by atoms with van der Waals surface area (Å²) in [5, 5.41) is 3.34. The molecule has 2 atom stereocenters. The fourth-order valence-corrected chi connectivity index (χ4v) is 2.35. The average molecular weight is 263 g/mol. The lowest BCUT2D eigenvalue weighted by Crippen LogP contribution is -2.46. The van der Waals surface area contributed by atoms with Crippen LogP contribution in [0.25, 0.3) is 0 Å². The number of nitrogens with one attached hydrogen (secondary N) is 1. The molecular weight excluding hydrogens is 238 g/mol. The van der Waals surface area contributed by atoms with Crippen LogP contribution in [0.15, 0.2) is 18.3 Å². The fourth-order valence-electron chi connectivity index (χ4n) is 2.35. The molecule has 1 aliphatic heterocycles. The molecule has 1 aromatic heterocycles. The Kier molecular flexibility index (Phi) is 5.16. The van der Waals surface area contributed by atoms with Crippen LogP contribution in [0.4, 0.5) is 5.82 Å².